The molecule has 1 amide bonds. The van der Waals surface area contributed by atoms with Crippen LogP contribution in [0.2, 0.25) is 0 Å². The van der Waals surface area contributed by atoms with E-state index in [1.807, 2.05) is 30.3 Å². The zero-order valence-corrected chi connectivity index (χ0v) is 17.5. The molecular formula is C21H19NO5S2. The number of amides is 1. The summed E-state index contributed by atoms with van der Waals surface area (Å²) in [5, 5.41) is 2.76. The molecule has 0 saturated heterocycles. The van der Waals surface area contributed by atoms with E-state index >= 15 is 0 Å². The Morgan fingerprint density at radius 2 is 1.69 bits per heavy atom. The lowest BCUT2D eigenvalue weighted by Crippen LogP contribution is -2.16. The summed E-state index contributed by atoms with van der Waals surface area (Å²) in [7, 11) is -2.00. The maximum atomic E-state index is 12.5. The monoisotopic (exact) mass is 429 g/mol. The van der Waals surface area contributed by atoms with Gasteiger partial charge in [-0.2, -0.15) is 0 Å². The highest BCUT2D eigenvalue weighted by atomic mass is 32.2. The molecule has 6 nitrogen and oxygen atoms in total. The van der Waals surface area contributed by atoms with E-state index < -0.39 is 15.8 Å². The molecule has 0 radical (unpaired) electrons. The first kappa shape index (κ1) is 20.8. The lowest BCUT2D eigenvalue weighted by Gasteiger charge is -2.06. The fourth-order valence-corrected chi connectivity index (χ4v) is 4.37. The number of methoxy groups -OCH3 is 1. The van der Waals surface area contributed by atoms with Crippen LogP contribution in [0.5, 0.6) is 0 Å². The number of rotatable bonds is 6. The van der Waals surface area contributed by atoms with Crippen LogP contribution in [0.25, 0.3) is 10.4 Å². The quantitative estimate of drug-likeness (QED) is 0.602. The number of hydrogen-bond donors (Lipinski definition) is 1. The smallest absolute Gasteiger partial charge is 0.350 e. The molecule has 29 heavy (non-hydrogen) atoms. The van der Waals surface area contributed by atoms with Gasteiger partial charge in [0.1, 0.15) is 4.88 Å². The molecule has 0 bridgehead atoms. The van der Waals surface area contributed by atoms with Crippen molar-refractivity contribution < 1.29 is 22.7 Å². The summed E-state index contributed by atoms with van der Waals surface area (Å²) in [5.74, 6) is -0.843. The number of thiophene rings is 1. The number of carbonyl (C=O) groups excluding carboxylic acids is 2. The fourth-order valence-electron chi connectivity index (χ4n) is 2.71. The summed E-state index contributed by atoms with van der Waals surface area (Å²) < 4.78 is 27.9. The van der Waals surface area contributed by atoms with Gasteiger partial charge in [-0.25, -0.2) is 13.2 Å². The number of carbonyl (C=O) groups is 2. The van der Waals surface area contributed by atoms with Crippen molar-refractivity contribution in [1.29, 1.82) is 0 Å². The van der Waals surface area contributed by atoms with Crippen LogP contribution >= 0.6 is 11.3 Å². The first-order valence-electron chi connectivity index (χ1n) is 8.64. The Balaban J connectivity index is 1.80. The zero-order chi connectivity index (χ0) is 21.0. The molecule has 0 fully saturated rings. The molecule has 1 N–H and O–H groups in total. The van der Waals surface area contributed by atoms with Gasteiger partial charge in [-0.15, -0.1) is 11.3 Å². The van der Waals surface area contributed by atoms with Crippen molar-refractivity contribution in [3.05, 3.63) is 71.1 Å². The van der Waals surface area contributed by atoms with Crippen LogP contribution in [0.15, 0.2) is 65.6 Å². The summed E-state index contributed by atoms with van der Waals surface area (Å²) in [6.45, 7) is 0. The SMILES string of the molecule is COC(=O)c1sc(-c2ccccc2)cc1NC(=O)Cc1ccc(S(C)(=O)=O)cc1. The standard InChI is InChI=1S/C21H19NO5S2/c1-27-21(24)20-17(13-18(28-20)15-6-4-3-5-7-15)22-19(23)12-14-8-10-16(11-9-14)29(2,25)26/h3-11,13H,12H2,1-2H3,(H,22,23). The van der Waals surface area contributed by atoms with Crippen molar-refractivity contribution in [2.75, 3.05) is 18.7 Å². The predicted octanol–water partition coefficient (Wildman–Crippen LogP) is 3.79. The van der Waals surface area contributed by atoms with Gasteiger partial charge < -0.3 is 10.1 Å². The van der Waals surface area contributed by atoms with E-state index in [1.54, 1.807) is 18.2 Å². The van der Waals surface area contributed by atoms with Gasteiger partial charge in [-0.05, 0) is 29.3 Å². The van der Waals surface area contributed by atoms with E-state index in [1.165, 1.54) is 30.6 Å². The molecule has 1 aromatic heterocycles. The second kappa shape index (κ2) is 8.59. The Morgan fingerprint density at radius 3 is 2.28 bits per heavy atom. The molecule has 8 heteroatoms. The van der Waals surface area contributed by atoms with E-state index in [0.717, 1.165) is 16.7 Å². The molecule has 3 rings (SSSR count). The summed E-state index contributed by atoms with van der Waals surface area (Å²) in [6.07, 6.45) is 1.17. The molecule has 2 aromatic carbocycles. The molecular weight excluding hydrogens is 410 g/mol. The van der Waals surface area contributed by atoms with Gasteiger partial charge in [-0.3, -0.25) is 4.79 Å². The molecule has 0 atom stereocenters. The molecule has 0 aliphatic heterocycles. The Hall–Kier alpha value is -2.97. The first-order valence-corrected chi connectivity index (χ1v) is 11.3. The molecule has 150 valence electrons. The molecule has 0 saturated carbocycles. The maximum Gasteiger partial charge on any atom is 0.350 e. The van der Waals surface area contributed by atoms with Gasteiger partial charge in [0.25, 0.3) is 0 Å². The minimum atomic E-state index is -3.29. The second-order valence-corrected chi connectivity index (χ2v) is 9.42. The Morgan fingerprint density at radius 1 is 1.03 bits per heavy atom. The first-order chi connectivity index (χ1) is 13.8. The van der Waals surface area contributed by atoms with E-state index in [9.17, 15) is 18.0 Å². The average Bonchev–Trinajstić information content (AvgIpc) is 3.11. The number of sulfone groups is 1. The third kappa shape index (κ3) is 5.10. The second-order valence-electron chi connectivity index (χ2n) is 6.35. The van der Waals surface area contributed by atoms with E-state index in [4.69, 9.17) is 4.74 Å². The number of anilines is 1. The Bertz CT molecular complexity index is 1130. The predicted molar refractivity (Wildman–Crippen MR) is 113 cm³/mol. The van der Waals surface area contributed by atoms with Crippen LogP contribution in [0, 0.1) is 0 Å². The largest absolute Gasteiger partial charge is 0.465 e. The number of nitrogens with one attached hydrogen (secondary N) is 1. The molecule has 0 aliphatic carbocycles. The zero-order valence-electron chi connectivity index (χ0n) is 15.8. The topological polar surface area (TPSA) is 89.5 Å². The number of esters is 1. The lowest BCUT2D eigenvalue weighted by molar-refractivity contribution is -0.115. The highest BCUT2D eigenvalue weighted by molar-refractivity contribution is 7.90. The number of hydrogen-bond acceptors (Lipinski definition) is 6. The summed E-state index contributed by atoms with van der Waals surface area (Å²) >= 11 is 1.24. The Labute approximate surface area is 173 Å². The van der Waals surface area contributed by atoms with Gasteiger partial charge in [0.05, 0.1) is 24.1 Å². The molecule has 0 aliphatic rings. The molecule has 0 spiro atoms. The van der Waals surface area contributed by atoms with Crippen LogP contribution in [-0.4, -0.2) is 33.7 Å². The minimum Gasteiger partial charge on any atom is -0.465 e. The highest BCUT2D eigenvalue weighted by Crippen LogP contribution is 2.35. The summed E-state index contributed by atoms with van der Waals surface area (Å²) in [6, 6.07) is 17.4. The van der Waals surface area contributed by atoms with Gasteiger partial charge in [0.2, 0.25) is 5.91 Å². The van der Waals surface area contributed by atoms with Gasteiger partial charge >= 0.3 is 5.97 Å². The number of benzene rings is 2. The van der Waals surface area contributed by atoms with Crippen LogP contribution in [-0.2, 0) is 25.8 Å². The lowest BCUT2D eigenvalue weighted by atomic mass is 10.1. The molecule has 1 heterocycles. The van der Waals surface area contributed by atoms with E-state index in [2.05, 4.69) is 5.32 Å². The minimum absolute atomic E-state index is 0.0428. The summed E-state index contributed by atoms with van der Waals surface area (Å²) in [4.78, 5) is 26.0. The van der Waals surface area contributed by atoms with Crippen molar-refractivity contribution in [1.82, 2.24) is 0 Å². The fraction of sp³-hybridized carbons (Fsp3) is 0.143. The Kier molecular flexibility index (Phi) is 6.14. The van der Waals surface area contributed by atoms with E-state index in [0.29, 0.717) is 16.1 Å². The summed E-state index contributed by atoms with van der Waals surface area (Å²) in [5.41, 5.74) is 1.98. The molecule has 3 aromatic rings. The third-order valence-electron chi connectivity index (χ3n) is 4.15. The van der Waals surface area contributed by atoms with Gasteiger partial charge in [0.15, 0.2) is 9.84 Å². The van der Waals surface area contributed by atoms with Gasteiger partial charge in [0, 0.05) is 11.1 Å². The molecule has 0 unspecified atom stereocenters. The van der Waals surface area contributed by atoms with Crippen LogP contribution in [0.3, 0.4) is 0 Å². The third-order valence-corrected chi connectivity index (χ3v) is 6.44. The van der Waals surface area contributed by atoms with Crippen LogP contribution in [0.4, 0.5) is 5.69 Å². The van der Waals surface area contributed by atoms with Crippen LogP contribution in [0.1, 0.15) is 15.2 Å². The van der Waals surface area contributed by atoms with E-state index in [-0.39, 0.29) is 17.2 Å². The van der Waals surface area contributed by atoms with Crippen molar-refractivity contribution in [2.45, 2.75) is 11.3 Å². The van der Waals surface area contributed by atoms with Crippen molar-refractivity contribution in [3.8, 4) is 10.4 Å². The van der Waals surface area contributed by atoms with Crippen molar-refractivity contribution in [3.63, 3.8) is 0 Å². The van der Waals surface area contributed by atoms with Crippen LogP contribution < -0.4 is 5.32 Å². The van der Waals surface area contributed by atoms with Gasteiger partial charge in [-0.1, -0.05) is 42.5 Å². The van der Waals surface area contributed by atoms with Crippen molar-refractivity contribution >= 4 is 38.7 Å². The maximum absolute atomic E-state index is 12.5. The normalized spacial score (nSPS) is 11.1. The number of ether oxygens (including phenoxy) is 1. The highest BCUT2D eigenvalue weighted by Gasteiger charge is 2.19. The van der Waals surface area contributed by atoms with Crippen molar-refractivity contribution in [2.24, 2.45) is 0 Å². The average molecular weight is 430 g/mol.